The van der Waals surface area contributed by atoms with Gasteiger partial charge in [0.05, 0.1) is 31.5 Å². The fourth-order valence-corrected chi connectivity index (χ4v) is 1.84. The molecule has 0 fully saturated rings. The third-order valence-corrected chi connectivity index (χ3v) is 2.89. The number of hydrogen-bond donors (Lipinski definition) is 2. The lowest BCUT2D eigenvalue weighted by atomic mass is 10.1. The molecule has 2 aromatic rings. The molecule has 0 aliphatic rings. The number of fused-ring (bicyclic) bond motifs is 1. The summed E-state index contributed by atoms with van der Waals surface area (Å²) in [6.07, 6.45) is 2.55. The van der Waals surface area contributed by atoms with Gasteiger partial charge < -0.3 is 19.9 Å². The fraction of sp³-hybridized carbons (Fsp3) is 0.133. The second-order valence-electron chi connectivity index (χ2n) is 4.23. The normalized spacial score (nSPS) is 11.1. The minimum Gasteiger partial charge on any atom is -0.506 e. The number of nitrogens with one attached hydrogen (secondary N) is 1. The van der Waals surface area contributed by atoms with E-state index in [9.17, 15) is 14.7 Å². The predicted molar refractivity (Wildman–Crippen MR) is 79.1 cm³/mol. The van der Waals surface area contributed by atoms with E-state index >= 15 is 0 Å². The zero-order chi connectivity index (χ0) is 16.1. The molecule has 7 heteroatoms. The Balaban J connectivity index is 2.51. The first-order valence-electron chi connectivity index (χ1n) is 6.28. The molecule has 114 valence electrons. The largest absolute Gasteiger partial charge is 0.506 e. The van der Waals surface area contributed by atoms with Crippen molar-refractivity contribution in [2.75, 3.05) is 19.5 Å². The van der Waals surface area contributed by atoms with Crippen molar-refractivity contribution in [3.8, 4) is 5.75 Å². The number of pyridine rings is 1. The molecule has 0 aliphatic carbocycles. The van der Waals surface area contributed by atoms with Gasteiger partial charge in [-0.25, -0.2) is 9.59 Å². The van der Waals surface area contributed by atoms with Crippen LogP contribution in [0.25, 0.3) is 10.9 Å². The number of rotatable bonds is 4. The van der Waals surface area contributed by atoms with Gasteiger partial charge >= 0.3 is 11.9 Å². The van der Waals surface area contributed by atoms with Gasteiger partial charge in [0.2, 0.25) is 0 Å². The molecule has 7 nitrogen and oxygen atoms in total. The Hall–Kier alpha value is -3.09. The van der Waals surface area contributed by atoms with Crippen LogP contribution in [-0.2, 0) is 19.1 Å². The standard InChI is InChI=1S/C15H14N2O5/c1-21-13(19)8-11(15(20)22-2)17-14-9-4-3-7-16-10(9)5-6-12(14)18/h3-8,17-18H,1-2H3/b11-8+. The van der Waals surface area contributed by atoms with Crippen LogP contribution >= 0.6 is 0 Å². The lowest BCUT2D eigenvalue weighted by Gasteiger charge is -2.12. The van der Waals surface area contributed by atoms with E-state index in [4.69, 9.17) is 0 Å². The molecule has 0 saturated heterocycles. The second kappa shape index (κ2) is 6.57. The zero-order valence-electron chi connectivity index (χ0n) is 12.0. The third kappa shape index (κ3) is 3.14. The molecule has 0 atom stereocenters. The summed E-state index contributed by atoms with van der Waals surface area (Å²) >= 11 is 0. The van der Waals surface area contributed by atoms with Crippen LogP contribution in [0.1, 0.15) is 0 Å². The van der Waals surface area contributed by atoms with Gasteiger partial charge in [-0.1, -0.05) is 0 Å². The van der Waals surface area contributed by atoms with Gasteiger partial charge in [-0.2, -0.15) is 0 Å². The summed E-state index contributed by atoms with van der Waals surface area (Å²) in [4.78, 5) is 27.3. The maximum Gasteiger partial charge on any atom is 0.354 e. The number of esters is 2. The first-order chi connectivity index (χ1) is 10.6. The number of aromatic hydroxyl groups is 1. The van der Waals surface area contributed by atoms with E-state index in [1.807, 2.05) is 0 Å². The molecular formula is C15H14N2O5. The maximum atomic E-state index is 11.8. The summed E-state index contributed by atoms with van der Waals surface area (Å²) in [7, 11) is 2.37. The number of hydrogen-bond acceptors (Lipinski definition) is 7. The van der Waals surface area contributed by atoms with E-state index in [0.29, 0.717) is 10.9 Å². The first-order valence-corrected chi connectivity index (χ1v) is 6.28. The minimum absolute atomic E-state index is 0.0971. The SMILES string of the molecule is COC(=O)/C=C(/Nc1c(O)ccc2ncccc12)C(=O)OC. The van der Waals surface area contributed by atoms with Crippen LogP contribution in [0, 0.1) is 0 Å². The van der Waals surface area contributed by atoms with Crippen LogP contribution in [0.4, 0.5) is 5.69 Å². The number of ether oxygens (including phenoxy) is 2. The number of carbonyl (C=O) groups excluding carboxylic acids is 2. The molecule has 1 heterocycles. The van der Waals surface area contributed by atoms with Crippen molar-refractivity contribution >= 4 is 28.5 Å². The summed E-state index contributed by atoms with van der Waals surface area (Å²) < 4.78 is 9.10. The predicted octanol–water partition coefficient (Wildman–Crippen LogP) is 1.58. The van der Waals surface area contributed by atoms with Gasteiger partial charge in [0.25, 0.3) is 0 Å². The monoisotopic (exact) mass is 302 g/mol. The zero-order valence-corrected chi connectivity index (χ0v) is 12.0. The van der Waals surface area contributed by atoms with Crippen molar-refractivity contribution in [2.45, 2.75) is 0 Å². The molecule has 0 aliphatic heterocycles. The van der Waals surface area contributed by atoms with Crippen molar-refractivity contribution in [1.82, 2.24) is 4.98 Å². The average molecular weight is 302 g/mol. The molecule has 1 aromatic carbocycles. The van der Waals surface area contributed by atoms with Gasteiger partial charge in [0.15, 0.2) is 0 Å². The average Bonchev–Trinajstić information content (AvgIpc) is 2.55. The highest BCUT2D eigenvalue weighted by atomic mass is 16.5. The van der Waals surface area contributed by atoms with Crippen molar-refractivity contribution < 1.29 is 24.2 Å². The summed E-state index contributed by atoms with van der Waals surface area (Å²) in [5.74, 6) is -1.60. The number of aromatic nitrogens is 1. The van der Waals surface area contributed by atoms with Gasteiger partial charge in [-0.05, 0) is 24.3 Å². The Labute approximate surface area is 126 Å². The molecule has 0 bridgehead atoms. The third-order valence-electron chi connectivity index (χ3n) is 2.89. The topological polar surface area (TPSA) is 97.8 Å². The summed E-state index contributed by atoms with van der Waals surface area (Å²) in [6.45, 7) is 0. The Kier molecular flexibility index (Phi) is 4.57. The van der Waals surface area contributed by atoms with Crippen molar-refractivity contribution in [3.05, 3.63) is 42.2 Å². The first kappa shape index (κ1) is 15.3. The molecule has 0 spiro atoms. The molecule has 0 saturated carbocycles. The molecule has 0 radical (unpaired) electrons. The molecule has 0 unspecified atom stereocenters. The van der Waals surface area contributed by atoms with Crippen LogP contribution in [0.15, 0.2) is 42.2 Å². The van der Waals surface area contributed by atoms with E-state index < -0.39 is 11.9 Å². The molecule has 2 N–H and O–H groups in total. The highest BCUT2D eigenvalue weighted by Gasteiger charge is 2.16. The number of anilines is 1. The Morgan fingerprint density at radius 2 is 2.00 bits per heavy atom. The van der Waals surface area contributed by atoms with Crippen LogP contribution in [-0.4, -0.2) is 36.2 Å². The fourth-order valence-electron chi connectivity index (χ4n) is 1.84. The van der Waals surface area contributed by atoms with E-state index in [2.05, 4.69) is 19.8 Å². The lowest BCUT2D eigenvalue weighted by molar-refractivity contribution is -0.138. The highest BCUT2D eigenvalue weighted by Crippen LogP contribution is 2.32. The number of nitrogens with zero attached hydrogens (tertiary/aromatic N) is 1. The van der Waals surface area contributed by atoms with Crippen molar-refractivity contribution in [2.24, 2.45) is 0 Å². The molecule has 22 heavy (non-hydrogen) atoms. The van der Waals surface area contributed by atoms with E-state index in [1.165, 1.54) is 20.3 Å². The molecule has 2 rings (SSSR count). The number of carbonyl (C=O) groups is 2. The molecule has 0 amide bonds. The second-order valence-corrected chi connectivity index (χ2v) is 4.23. The number of phenolic OH excluding ortho intramolecular Hbond substituents is 1. The van der Waals surface area contributed by atoms with E-state index in [0.717, 1.165) is 6.08 Å². The maximum absolute atomic E-state index is 11.8. The van der Waals surface area contributed by atoms with Crippen molar-refractivity contribution in [3.63, 3.8) is 0 Å². The van der Waals surface area contributed by atoms with Gasteiger partial charge in [0, 0.05) is 11.6 Å². The number of benzene rings is 1. The Morgan fingerprint density at radius 3 is 2.68 bits per heavy atom. The summed E-state index contributed by atoms with van der Waals surface area (Å²) in [5.41, 5.74) is 0.692. The van der Waals surface area contributed by atoms with Gasteiger partial charge in [0.1, 0.15) is 11.4 Å². The number of phenols is 1. The van der Waals surface area contributed by atoms with Crippen molar-refractivity contribution in [1.29, 1.82) is 0 Å². The van der Waals surface area contributed by atoms with E-state index in [1.54, 1.807) is 24.4 Å². The number of methoxy groups -OCH3 is 2. The van der Waals surface area contributed by atoms with Crippen LogP contribution < -0.4 is 5.32 Å². The van der Waals surface area contributed by atoms with Gasteiger partial charge in [-0.3, -0.25) is 4.98 Å². The van der Waals surface area contributed by atoms with E-state index in [-0.39, 0.29) is 17.1 Å². The highest BCUT2D eigenvalue weighted by molar-refractivity contribution is 6.03. The minimum atomic E-state index is -0.773. The quantitative estimate of drug-likeness (QED) is 0.502. The van der Waals surface area contributed by atoms with Crippen LogP contribution in [0.2, 0.25) is 0 Å². The summed E-state index contributed by atoms with van der Waals surface area (Å²) in [5, 5.41) is 13.3. The smallest absolute Gasteiger partial charge is 0.354 e. The Morgan fingerprint density at radius 1 is 1.23 bits per heavy atom. The molecular weight excluding hydrogens is 288 g/mol. The van der Waals surface area contributed by atoms with Crippen LogP contribution in [0.5, 0.6) is 5.75 Å². The van der Waals surface area contributed by atoms with Gasteiger partial charge in [-0.15, -0.1) is 0 Å². The summed E-state index contributed by atoms with van der Waals surface area (Å²) in [6, 6.07) is 6.48. The molecule has 1 aromatic heterocycles. The van der Waals surface area contributed by atoms with Crippen LogP contribution in [0.3, 0.4) is 0 Å². The lowest BCUT2D eigenvalue weighted by Crippen LogP contribution is -2.15. The Bertz CT molecular complexity index is 755.